The van der Waals surface area contributed by atoms with Crippen LogP contribution in [-0.2, 0) is 14.1 Å². The fourth-order valence-electron chi connectivity index (χ4n) is 5.38. The van der Waals surface area contributed by atoms with Gasteiger partial charge in [0.15, 0.2) is 5.78 Å². The van der Waals surface area contributed by atoms with Gasteiger partial charge in [-0.3, -0.25) is 9.59 Å². The molecule has 34 heavy (non-hydrogen) atoms. The van der Waals surface area contributed by atoms with Gasteiger partial charge in [-0.15, -0.1) is 0 Å². The smallest absolute Gasteiger partial charge is 0.317 e. The van der Waals surface area contributed by atoms with E-state index in [-0.39, 0.29) is 17.7 Å². The van der Waals surface area contributed by atoms with Crippen LogP contribution in [0.25, 0.3) is 0 Å². The van der Waals surface area contributed by atoms with Gasteiger partial charge in [-0.1, -0.05) is 95.2 Å². The van der Waals surface area contributed by atoms with Crippen LogP contribution in [0.1, 0.15) is 124 Å². The van der Waals surface area contributed by atoms with Crippen molar-refractivity contribution in [1.29, 1.82) is 0 Å². The van der Waals surface area contributed by atoms with Crippen LogP contribution in [0.4, 0.5) is 0 Å². The average molecular weight is 493 g/mol. The number of aryl methyl sites for hydroxylation is 3. The van der Waals surface area contributed by atoms with Crippen LogP contribution in [-0.4, -0.2) is 18.4 Å². The maximum Gasteiger partial charge on any atom is 0.317 e. The molecular weight excluding hydrogens is 443 g/mol. The fourth-order valence-corrected chi connectivity index (χ4v) is 5.38. The highest BCUT2D eigenvalue weighted by atomic mass is 31.0. The molecule has 0 aliphatic heterocycles. The molecule has 0 radical (unpaired) electrons. The molecule has 2 unspecified atom stereocenters. The first-order valence-corrected chi connectivity index (χ1v) is 14.1. The third kappa shape index (κ3) is 10.5. The molecule has 2 rings (SSSR count). The topological polar surface area (TPSA) is 60.4 Å². The van der Waals surface area contributed by atoms with Gasteiger partial charge in [-0.25, -0.2) is 0 Å². The summed E-state index contributed by atoms with van der Waals surface area (Å²) < 4.78 is 14.0. The lowest BCUT2D eigenvalue weighted by atomic mass is 9.82. The molecule has 1 aromatic rings. The van der Waals surface area contributed by atoms with Crippen LogP contribution in [0, 0.1) is 32.6 Å². The first kappa shape index (κ1) is 30.6. The summed E-state index contributed by atoms with van der Waals surface area (Å²) >= 11 is 0. The highest BCUT2D eigenvalue weighted by Gasteiger charge is 2.38. The molecule has 1 saturated carbocycles. The Morgan fingerprint density at radius 2 is 1.32 bits per heavy atom. The fraction of sp³-hybridized carbons (Fsp3) is 0.724. The number of Topliss-reactive ketones (excluding diaryl/α,β-unsaturated/α-hetero) is 1. The van der Waals surface area contributed by atoms with Crippen molar-refractivity contribution in [2.45, 2.75) is 118 Å². The molecule has 194 valence electrons. The molecule has 0 amide bonds. The molecule has 4 nitrogen and oxygen atoms in total. The summed E-state index contributed by atoms with van der Waals surface area (Å²) in [7, 11) is 0.611. The Morgan fingerprint density at radius 3 is 1.82 bits per heavy atom. The van der Waals surface area contributed by atoms with E-state index in [0.717, 1.165) is 60.8 Å². The number of hydrogen-bond acceptors (Lipinski definition) is 4. The van der Waals surface area contributed by atoms with Gasteiger partial charge in [-0.2, -0.15) is 0 Å². The van der Waals surface area contributed by atoms with E-state index in [9.17, 15) is 9.59 Å². The normalized spacial score (nSPS) is 14.5. The van der Waals surface area contributed by atoms with Gasteiger partial charge in [0.25, 0.3) is 0 Å². The van der Waals surface area contributed by atoms with Gasteiger partial charge < -0.3 is 9.30 Å². The first-order valence-electron chi connectivity index (χ1n) is 13.5. The lowest BCUT2D eigenvalue weighted by Gasteiger charge is -2.23. The Hall–Kier alpha value is -1.41. The second-order valence-electron chi connectivity index (χ2n) is 10.0. The SMILES string of the molecule is CCCCCCCCCCCCOC(=O)C(C(=O)c1c(C)cc(C)cc1C)C1CCCC1.O=[PH3]. The van der Waals surface area contributed by atoms with Crippen molar-refractivity contribution in [2.24, 2.45) is 11.8 Å². The predicted molar refractivity (Wildman–Crippen MR) is 145 cm³/mol. The van der Waals surface area contributed by atoms with Gasteiger partial charge in [0.1, 0.15) is 5.92 Å². The number of unbranched alkanes of at least 4 members (excludes halogenated alkanes) is 9. The Kier molecular flexibility index (Phi) is 16.2. The molecule has 1 fully saturated rings. The number of ether oxygens (including phenoxy) is 1. The van der Waals surface area contributed by atoms with Crippen molar-refractivity contribution in [3.05, 3.63) is 34.4 Å². The molecule has 1 aromatic carbocycles. The second-order valence-corrected chi connectivity index (χ2v) is 10.0. The number of carbonyl (C=O) groups excluding carboxylic acids is 2. The minimum Gasteiger partial charge on any atom is -0.465 e. The van der Waals surface area contributed by atoms with Crippen molar-refractivity contribution in [1.82, 2.24) is 0 Å². The Morgan fingerprint density at radius 1 is 0.853 bits per heavy atom. The van der Waals surface area contributed by atoms with E-state index in [2.05, 4.69) is 6.92 Å². The number of benzene rings is 1. The molecule has 0 saturated heterocycles. The van der Waals surface area contributed by atoms with Crippen molar-refractivity contribution >= 4 is 20.9 Å². The van der Waals surface area contributed by atoms with Crippen molar-refractivity contribution in [3.8, 4) is 0 Å². The van der Waals surface area contributed by atoms with Crippen LogP contribution < -0.4 is 0 Å². The van der Waals surface area contributed by atoms with Crippen LogP contribution in [0.15, 0.2) is 12.1 Å². The first-order chi connectivity index (χ1) is 16.5. The van der Waals surface area contributed by atoms with Gasteiger partial charge >= 0.3 is 5.97 Å². The average Bonchev–Trinajstić information content (AvgIpc) is 3.32. The van der Waals surface area contributed by atoms with Gasteiger partial charge in [-0.05, 0) is 57.1 Å². The lowest BCUT2D eigenvalue weighted by molar-refractivity contribution is -0.148. The molecule has 5 heteroatoms. The quantitative estimate of drug-likeness (QED) is 0.0818. The monoisotopic (exact) mass is 492 g/mol. The summed E-state index contributed by atoms with van der Waals surface area (Å²) in [5.74, 6) is -0.833. The van der Waals surface area contributed by atoms with Crippen LogP contribution in [0.5, 0.6) is 0 Å². The molecule has 1 aliphatic carbocycles. The zero-order valence-corrected chi connectivity index (χ0v) is 23.7. The van der Waals surface area contributed by atoms with Crippen molar-refractivity contribution < 1.29 is 18.9 Å². The minimum atomic E-state index is -0.638. The number of rotatable bonds is 15. The molecular formula is C29H49O4P. The summed E-state index contributed by atoms with van der Waals surface area (Å²) in [6.07, 6.45) is 16.6. The Bertz CT molecular complexity index is 717. The third-order valence-corrected chi connectivity index (χ3v) is 7.07. The van der Waals surface area contributed by atoms with Gasteiger partial charge in [0.05, 0.1) is 15.7 Å². The summed E-state index contributed by atoms with van der Waals surface area (Å²) in [4.78, 5) is 26.6. The number of hydrogen-bond donors (Lipinski definition) is 0. The summed E-state index contributed by atoms with van der Waals surface area (Å²) in [5.41, 5.74) is 3.82. The van der Waals surface area contributed by atoms with Gasteiger partial charge in [0, 0.05) is 5.56 Å². The minimum absolute atomic E-state index is 0.0278. The summed E-state index contributed by atoms with van der Waals surface area (Å²) in [6, 6.07) is 4.09. The Labute approximate surface area is 210 Å². The summed E-state index contributed by atoms with van der Waals surface area (Å²) in [6.45, 7) is 8.70. The standard InChI is InChI=1S/C29H46O3.H3OP/c1-5-6-7-8-9-10-11-12-13-16-19-32-29(31)27(25-17-14-15-18-25)28(30)26-23(3)20-22(2)21-24(26)4;1-2/h20-21,25,27H,5-19H2,1-4H3;2H3. The molecule has 0 bridgehead atoms. The van der Waals surface area contributed by atoms with Crippen LogP contribution in [0.2, 0.25) is 0 Å². The number of esters is 1. The van der Waals surface area contributed by atoms with Crippen LogP contribution >= 0.6 is 9.12 Å². The lowest BCUT2D eigenvalue weighted by Crippen LogP contribution is -2.33. The van der Waals surface area contributed by atoms with E-state index in [1.54, 1.807) is 0 Å². The number of carbonyl (C=O) groups is 2. The van der Waals surface area contributed by atoms with Crippen LogP contribution in [0.3, 0.4) is 0 Å². The highest BCUT2D eigenvalue weighted by Crippen LogP contribution is 2.35. The maximum absolute atomic E-state index is 13.5. The molecule has 0 heterocycles. The molecule has 1 aliphatic rings. The van der Waals surface area contributed by atoms with Crippen molar-refractivity contribution in [3.63, 3.8) is 0 Å². The zero-order valence-electron chi connectivity index (χ0n) is 22.3. The largest absolute Gasteiger partial charge is 0.465 e. The maximum atomic E-state index is 13.5. The van der Waals surface area contributed by atoms with E-state index in [1.165, 1.54) is 51.4 Å². The van der Waals surface area contributed by atoms with Gasteiger partial charge in [0.2, 0.25) is 0 Å². The molecule has 0 spiro atoms. The molecule has 2 atom stereocenters. The second kappa shape index (κ2) is 17.9. The number of ketones is 1. The van der Waals surface area contributed by atoms with E-state index >= 15 is 0 Å². The van der Waals surface area contributed by atoms with E-state index in [0.29, 0.717) is 15.7 Å². The zero-order chi connectivity index (χ0) is 25.3. The van der Waals surface area contributed by atoms with E-state index in [1.807, 2.05) is 32.9 Å². The highest BCUT2D eigenvalue weighted by molar-refractivity contribution is 7.00. The van der Waals surface area contributed by atoms with E-state index in [4.69, 9.17) is 9.30 Å². The van der Waals surface area contributed by atoms with Crippen molar-refractivity contribution in [2.75, 3.05) is 6.61 Å². The van der Waals surface area contributed by atoms with E-state index < -0.39 is 5.92 Å². The predicted octanol–water partition coefficient (Wildman–Crippen LogP) is 8.00. The Balaban J connectivity index is 0.00000281. The molecule has 0 N–H and O–H groups in total. The summed E-state index contributed by atoms with van der Waals surface area (Å²) in [5, 5.41) is 0. The third-order valence-electron chi connectivity index (χ3n) is 7.07. The molecule has 0 aromatic heterocycles.